The first-order chi connectivity index (χ1) is 9.99. The number of hydrazine groups is 1. The second kappa shape index (κ2) is 5.20. The molecule has 21 heavy (non-hydrogen) atoms. The van der Waals surface area contributed by atoms with E-state index in [1.165, 1.54) is 0 Å². The Morgan fingerprint density at radius 3 is 2.14 bits per heavy atom. The van der Waals surface area contributed by atoms with E-state index >= 15 is 0 Å². The Kier molecular flexibility index (Phi) is 3.51. The van der Waals surface area contributed by atoms with Gasteiger partial charge in [-0.2, -0.15) is 5.43 Å². The topological polar surface area (TPSA) is 88.5 Å². The zero-order valence-corrected chi connectivity index (χ0v) is 12.4. The summed E-state index contributed by atoms with van der Waals surface area (Å²) in [6.07, 6.45) is 0. The molecule has 1 aliphatic rings. The SMILES string of the molecule is NC1=NC(N)(c2ccc(-c3c(Cl)cccc3Cl)cc2)NN1. The summed E-state index contributed by atoms with van der Waals surface area (Å²) in [4.78, 5) is 4.13. The van der Waals surface area contributed by atoms with Crippen LogP contribution < -0.4 is 22.3 Å². The molecule has 0 aromatic heterocycles. The Bertz CT molecular complexity index is 694. The fourth-order valence-corrected chi connectivity index (χ4v) is 2.82. The van der Waals surface area contributed by atoms with Gasteiger partial charge in [0, 0.05) is 21.2 Å². The maximum Gasteiger partial charge on any atom is 0.209 e. The quantitative estimate of drug-likeness (QED) is 0.682. The summed E-state index contributed by atoms with van der Waals surface area (Å²) in [5.74, 6) is -0.830. The van der Waals surface area contributed by atoms with Crippen LogP contribution in [0.3, 0.4) is 0 Å². The van der Waals surface area contributed by atoms with Crippen LogP contribution in [0, 0.1) is 0 Å². The molecule has 0 saturated heterocycles. The molecule has 2 aromatic carbocycles. The lowest BCUT2D eigenvalue weighted by Gasteiger charge is -2.21. The first-order valence-corrected chi connectivity index (χ1v) is 6.97. The van der Waals surface area contributed by atoms with E-state index < -0.39 is 5.79 Å². The third-order valence-corrected chi connectivity index (χ3v) is 3.88. The van der Waals surface area contributed by atoms with E-state index in [1.807, 2.05) is 30.3 Å². The van der Waals surface area contributed by atoms with Gasteiger partial charge >= 0.3 is 0 Å². The highest BCUT2D eigenvalue weighted by atomic mass is 35.5. The van der Waals surface area contributed by atoms with Gasteiger partial charge in [-0.3, -0.25) is 11.2 Å². The third-order valence-electron chi connectivity index (χ3n) is 3.25. The predicted octanol–water partition coefficient (Wildman–Crippen LogP) is 2.15. The molecule has 0 amide bonds. The summed E-state index contributed by atoms with van der Waals surface area (Å²) in [5, 5.41) is 1.20. The summed E-state index contributed by atoms with van der Waals surface area (Å²) in [7, 11) is 0. The molecule has 1 atom stereocenters. The highest BCUT2D eigenvalue weighted by Gasteiger charge is 2.31. The van der Waals surface area contributed by atoms with Gasteiger partial charge in [-0.25, -0.2) is 4.99 Å². The largest absolute Gasteiger partial charge is 0.369 e. The number of benzene rings is 2. The predicted molar refractivity (Wildman–Crippen MR) is 85.7 cm³/mol. The van der Waals surface area contributed by atoms with Gasteiger partial charge in [-0.1, -0.05) is 53.5 Å². The zero-order valence-electron chi connectivity index (χ0n) is 10.9. The van der Waals surface area contributed by atoms with Crippen LogP contribution in [0.2, 0.25) is 10.0 Å². The fraction of sp³-hybridized carbons (Fsp3) is 0.0714. The third kappa shape index (κ3) is 2.56. The molecule has 0 radical (unpaired) electrons. The van der Waals surface area contributed by atoms with E-state index in [2.05, 4.69) is 15.8 Å². The Morgan fingerprint density at radius 1 is 1.00 bits per heavy atom. The van der Waals surface area contributed by atoms with E-state index in [1.54, 1.807) is 12.1 Å². The van der Waals surface area contributed by atoms with Crippen molar-refractivity contribution < 1.29 is 0 Å². The van der Waals surface area contributed by atoms with Gasteiger partial charge in [0.1, 0.15) is 0 Å². The van der Waals surface area contributed by atoms with Gasteiger partial charge in [0.2, 0.25) is 11.7 Å². The highest BCUT2D eigenvalue weighted by molar-refractivity contribution is 6.39. The van der Waals surface area contributed by atoms with Crippen molar-refractivity contribution in [3.8, 4) is 11.1 Å². The van der Waals surface area contributed by atoms with E-state index in [0.29, 0.717) is 10.0 Å². The molecule has 1 heterocycles. The van der Waals surface area contributed by atoms with Crippen LogP contribution in [0.25, 0.3) is 11.1 Å². The maximum atomic E-state index is 6.21. The second-order valence-corrected chi connectivity index (χ2v) is 5.50. The van der Waals surface area contributed by atoms with Gasteiger partial charge in [-0.05, 0) is 17.7 Å². The van der Waals surface area contributed by atoms with Crippen LogP contribution in [0.15, 0.2) is 47.5 Å². The normalized spacial score (nSPS) is 21.0. The van der Waals surface area contributed by atoms with Crippen molar-refractivity contribution in [3.05, 3.63) is 58.1 Å². The Labute approximate surface area is 131 Å². The summed E-state index contributed by atoms with van der Waals surface area (Å²) in [6, 6.07) is 12.9. The highest BCUT2D eigenvalue weighted by Crippen LogP contribution is 2.35. The number of hydrogen-bond acceptors (Lipinski definition) is 5. The van der Waals surface area contributed by atoms with Crippen molar-refractivity contribution in [1.29, 1.82) is 0 Å². The fourth-order valence-electron chi connectivity index (χ4n) is 2.21. The van der Waals surface area contributed by atoms with Crippen LogP contribution in [-0.2, 0) is 5.79 Å². The summed E-state index contributed by atoms with van der Waals surface area (Å²) in [6.45, 7) is 0. The molecule has 1 unspecified atom stereocenters. The van der Waals surface area contributed by atoms with Gasteiger partial charge in [0.05, 0.1) is 0 Å². The lowest BCUT2D eigenvalue weighted by atomic mass is 10.0. The van der Waals surface area contributed by atoms with Crippen molar-refractivity contribution in [1.82, 2.24) is 10.9 Å². The van der Waals surface area contributed by atoms with Crippen molar-refractivity contribution in [2.75, 3.05) is 0 Å². The summed E-state index contributed by atoms with van der Waals surface area (Å²) < 4.78 is 0. The van der Waals surface area contributed by atoms with Gasteiger partial charge < -0.3 is 5.73 Å². The Hall–Kier alpha value is -1.79. The zero-order chi connectivity index (χ0) is 15.0. The minimum Gasteiger partial charge on any atom is -0.369 e. The molecular formula is C14H13Cl2N5. The molecule has 7 heteroatoms. The maximum absolute atomic E-state index is 6.21. The standard InChI is InChI=1S/C14H13Cl2N5/c15-10-2-1-3-11(16)12(10)8-4-6-9(7-5-8)14(18)19-13(17)20-21-14/h1-7,21H,18H2,(H3,17,19,20). The van der Waals surface area contributed by atoms with Gasteiger partial charge in [0.25, 0.3) is 0 Å². The molecule has 6 N–H and O–H groups in total. The first-order valence-electron chi connectivity index (χ1n) is 6.22. The van der Waals surface area contributed by atoms with E-state index in [9.17, 15) is 0 Å². The number of guanidine groups is 1. The summed E-state index contributed by atoms with van der Waals surface area (Å²) in [5.41, 5.74) is 19.7. The van der Waals surface area contributed by atoms with E-state index in [0.717, 1.165) is 16.7 Å². The lowest BCUT2D eigenvalue weighted by Crippen LogP contribution is -2.50. The smallest absolute Gasteiger partial charge is 0.209 e. The van der Waals surface area contributed by atoms with Crippen LogP contribution in [-0.4, -0.2) is 5.96 Å². The lowest BCUT2D eigenvalue weighted by molar-refractivity contribution is 0.375. The molecule has 5 nitrogen and oxygen atoms in total. The minimum atomic E-state index is -1.08. The van der Waals surface area contributed by atoms with E-state index in [-0.39, 0.29) is 5.96 Å². The van der Waals surface area contributed by atoms with Gasteiger partial charge in [0.15, 0.2) is 0 Å². The second-order valence-electron chi connectivity index (χ2n) is 4.69. The van der Waals surface area contributed by atoms with Crippen LogP contribution in [0.4, 0.5) is 0 Å². The number of aliphatic imine (C=N–C) groups is 1. The molecule has 108 valence electrons. The average Bonchev–Trinajstić information content (AvgIpc) is 2.80. The molecular weight excluding hydrogens is 309 g/mol. The summed E-state index contributed by atoms with van der Waals surface area (Å²) >= 11 is 12.4. The Morgan fingerprint density at radius 2 is 1.62 bits per heavy atom. The molecule has 0 bridgehead atoms. The van der Waals surface area contributed by atoms with Crippen LogP contribution >= 0.6 is 23.2 Å². The van der Waals surface area contributed by atoms with Gasteiger partial charge in [-0.15, -0.1) is 0 Å². The first kappa shape index (κ1) is 14.2. The number of nitrogens with zero attached hydrogens (tertiary/aromatic N) is 1. The monoisotopic (exact) mass is 321 g/mol. The van der Waals surface area contributed by atoms with Crippen molar-refractivity contribution in [2.45, 2.75) is 5.79 Å². The molecule has 1 aliphatic heterocycles. The Balaban J connectivity index is 1.99. The molecule has 0 spiro atoms. The molecule has 0 aliphatic carbocycles. The van der Waals surface area contributed by atoms with Crippen molar-refractivity contribution in [2.24, 2.45) is 16.5 Å². The van der Waals surface area contributed by atoms with E-state index in [4.69, 9.17) is 34.7 Å². The molecule has 0 saturated carbocycles. The average molecular weight is 322 g/mol. The molecule has 2 aromatic rings. The van der Waals surface area contributed by atoms with Crippen molar-refractivity contribution in [3.63, 3.8) is 0 Å². The number of rotatable bonds is 2. The number of hydrogen-bond donors (Lipinski definition) is 4. The number of halogens is 2. The van der Waals surface area contributed by atoms with Crippen molar-refractivity contribution >= 4 is 29.2 Å². The molecule has 3 rings (SSSR count). The minimum absolute atomic E-state index is 0.246. The number of nitrogens with two attached hydrogens (primary N) is 2. The molecule has 0 fully saturated rings. The van der Waals surface area contributed by atoms with Crippen LogP contribution in [0.1, 0.15) is 5.56 Å². The van der Waals surface area contributed by atoms with Crippen LogP contribution in [0.5, 0.6) is 0 Å². The number of nitrogens with one attached hydrogen (secondary N) is 2.